The number of carbonyl (C=O) groups excluding carboxylic acids is 1. The number of benzene rings is 2. The summed E-state index contributed by atoms with van der Waals surface area (Å²) < 4.78 is 12.3. The molecule has 2 aromatic carbocycles. The molecule has 0 radical (unpaired) electrons. The van der Waals surface area contributed by atoms with Gasteiger partial charge in [-0.2, -0.15) is 0 Å². The lowest BCUT2D eigenvalue weighted by Crippen LogP contribution is -2.11. The molecule has 0 fully saturated rings. The Bertz CT molecular complexity index is 784. The van der Waals surface area contributed by atoms with Crippen LogP contribution < -0.4 is 4.74 Å². The summed E-state index contributed by atoms with van der Waals surface area (Å²) >= 11 is 0. The monoisotopic (exact) mass is 336 g/mol. The molecule has 128 valence electrons. The molecule has 0 N–H and O–H groups in total. The number of hydrogen-bond donors (Lipinski definition) is 0. The maximum atomic E-state index is 11.1. The quantitative estimate of drug-likeness (QED) is 0.620. The summed E-state index contributed by atoms with van der Waals surface area (Å²) in [6.07, 6.45) is 5.79. The fourth-order valence-corrected chi connectivity index (χ4v) is 2.69. The van der Waals surface area contributed by atoms with Crippen LogP contribution in [0.1, 0.15) is 23.6 Å². The fraction of sp³-hybridized carbons (Fsp3) is 0.200. The topological polar surface area (TPSA) is 53.4 Å². The minimum atomic E-state index is -0.277. The third-order valence-corrected chi connectivity index (χ3v) is 3.94. The highest BCUT2D eigenvalue weighted by molar-refractivity contribution is 5.69. The van der Waals surface area contributed by atoms with E-state index in [-0.39, 0.29) is 18.4 Å². The molecule has 5 heteroatoms. The van der Waals surface area contributed by atoms with Gasteiger partial charge in [0.1, 0.15) is 5.75 Å². The predicted molar refractivity (Wildman–Crippen MR) is 94.5 cm³/mol. The van der Waals surface area contributed by atoms with E-state index in [1.165, 1.54) is 12.7 Å². The van der Waals surface area contributed by atoms with Crippen LogP contribution in [-0.4, -0.2) is 29.2 Å². The molecular formula is C20H20N2O3. The zero-order valence-corrected chi connectivity index (χ0v) is 14.0. The van der Waals surface area contributed by atoms with Crippen LogP contribution in [0.3, 0.4) is 0 Å². The van der Waals surface area contributed by atoms with Gasteiger partial charge in [0.15, 0.2) is 0 Å². The maximum absolute atomic E-state index is 11.1. The van der Waals surface area contributed by atoms with Crippen LogP contribution in [0.25, 0.3) is 0 Å². The predicted octanol–water partition coefficient (Wildman–Crippen LogP) is 3.46. The minimum absolute atomic E-state index is 0.0489. The SMILES string of the molecule is COC(=O)CCOc1ccc(C(c2ccccc2)n2ccnc2)cc1. The molecule has 1 atom stereocenters. The summed E-state index contributed by atoms with van der Waals surface area (Å²) in [6.45, 7) is 0.301. The van der Waals surface area contributed by atoms with Crippen molar-refractivity contribution in [3.63, 3.8) is 0 Å². The van der Waals surface area contributed by atoms with Crippen molar-refractivity contribution in [1.29, 1.82) is 0 Å². The van der Waals surface area contributed by atoms with E-state index in [1.807, 2.05) is 55.0 Å². The van der Waals surface area contributed by atoms with E-state index in [4.69, 9.17) is 4.74 Å². The largest absolute Gasteiger partial charge is 0.493 e. The van der Waals surface area contributed by atoms with Crippen molar-refractivity contribution >= 4 is 5.97 Å². The molecule has 3 rings (SSSR count). The van der Waals surface area contributed by atoms with Gasteiger partial charge >= 0.3 is 5.97 Å². The second-order valence-corrected chi connectivity index (χ2v) is 5.57. The Hall–Kier alpha value is -3.08. The number of carbonyl (C=O) groups is 1. The van der Waals surface area contributed by atoms with E-state index < -0.39 is 0 Å². The first-order valence-electron chi connectivity index (χ1n) is 8.10. The number of aromatic nitrogens is 2. The highest BCUT2D eigenvalue weighted by Gasteiger charge is 2.15. The second kappa shape index (κ2) is 8.15. The highest BCUT2D eigenvalue weighted by Crippen LogP contribution is 2.27. The van der Waals surface area contributed by atoms with Crippen molar-refractivity contribution in [3.05, 3.63) is 84.4 Å². The van der Waals surface area contributed by atoms with Crippen LogP contribution in [0, 0.1) is 0 Å². The van der Waals surface area contributed by atoms with Crippen molar-refractivity contribution in [1.82, 2.24) is 9.55 Å². The Morgan fingerprint density at radius 2 is 1.80 bits per heavy atom. The first-order chi connectivity index (χ1) is 12.3. The summed E-state index contributed by atoms with van der Waals surface area (Å²) in [6, 6.07) is 18.2. The first kappa shape index (κ1) is 16.8. The summed E-state index contributed by atoms with van der Waals surface area (Å²) in [5.74, 6) is 0.450. The lowest BCUT2D eigenvalue weighted by Gasteiger charge is -2.20. The molecule has 25 heavy (non-hydrogen) atoms. The lowest BCUT2D eigenvalue weighted by molar-refractivity contribution is -0.141. The summed E-state index contributed by atoms with van der Waals surface area (Å²) in [5.41, 5.74) is 2.31. The summed E-state index contributed by atoms with van der Waals surface area (Å²) in [4.78, 5) is 15.3. The van der Waals surface area contributed by atoms with Gasteiger partial charge in [-0.3, -0.25) is 4.79 Å². The van der Waals surface area contributed by atoms with Gasteiger partial charge in [0, 0.05) is 12.4 Å². The molecule has 0 saturated heterocycles. The van der Waals surface area contributed by atoms with Crippen LogP contribution >= 0.6 is 0 Å². The second-order valence-electron chi connectivity index (χ2n) is 5.57. The van der Waals surface area contributed by atoms with Gasteiger partial charge in [-0.05, 0) is 23.3 Å². The van der Waals surface area contributed by atoms with E-state index in [0.29, 0.717) is 6.61 Å². The molecule has 0 saturated carbocycles. The van der Waals surface area contributed by atoms with Crippen LogP contribution in [0.15, 0.2) is 73.3 Å². The van der Waals surface area contributed by atoms with Crippen molar-refractivity contribution in [2.24, 2.45) is 0 Å². The minimum Gasteiger partial charge on any atom is -0.493 e. The number of imidazole rings is 1. The molecule has 5 nitrogen and oxygen atoms in total. The Balaban J connectivity index is 1.77. The number of ether oxygens (including phenoxy) is 2. The van der Waals surface area contributed by atoms with Gasteiger partial charge in [-0.15, -0.1) is 0 Å². The average molecular weight is 336 g/mol. The molecule has 3 aromatic rings. The zero-order valence-electron chi connectivity index (χ0n) is 14.0. The van der Waals surface area contributed by atoms with Crippen LogP contribution in [0.5, 0.6) is 5.75 Å². The molecule has 1 unspecified atom stereocenters. The van der Waals surface area contributed by atoms with E-state index in [1.54, 1.807) is 6.20 Å². The Labute approximate surface area is 146 Å². The molecule has 0 amide bonds. The lowest BCUT2D eigenvalue weighted by atomic mass is 9.98. The third kappa shape index (κ3) is 4.26. The van der Waals surface area contributed by atoms with Gasteiger partial charge < -0.3 is 14.0 Å². The number of nitrogens with zero attached hydrogens (tertiary/aromatic N) is 2. The number of methoxy groups -OCH3 is 1. The summed E-state index contributed by atoms with van der Waals surface area (Å²) in [7, 11) is 1.37. The maximum Gasteiger partial charge on any atom is 0.308 e. The molecule has 0 aliphatic heterocycles. The Kier molecular flexibility index (Phi) is 5.46. The van der Waals surface area contributed by atoms with E-state index in [2.05, 4.69) is 26.4 Å². The highest BCUT2D eigenvalue weighted by atomic mass is 16.5. The Morgan fingerprint density at radius 3 is 2.44 bits per heavy atom. The van der Waals surface area contributed by atoms with E-state index >= 15 is 0 Å². The van der Waals surface area contributed by atoms with Gasteiger partial charge in [0.2, 0.25) is 0 Å². The molecule has 0 spiro atoms. The van der Waals surface area contributed by atoms with Crippen LogP contribution in [0.2, 0.25) is 0 Å². The normalized spacial score (nSPS) is 11.7. The van der Waals surface area contributed by atoms with Crippen molar-refractivity contribution < 1.29 is 14.3 Å². The number of rotatable bonds is 7. The van der Waals surface area contributed by atoms with E-state index in [0.717, 1.165) is 11.3 Å². The van der Waals surface area contributed by atoms with Gasteiger partial charge in [0.05, 0.1) is 32.5 Å². The molecule has 0 aliphatic rings. The smallest absolute Gasteiger partial charge is 0.308 e. The molecule has 0 bridgehead atoms. The van der Waals surface area contributed by atoms with E-state index in [9.17, 15) is 4.79 Å². The molecule has 0 aliphatic carbocycles. The van der Waals surface area contributed by atoms with Crippen molar-refractivity contribution in [2.45, 2.75) is 12.5 Å². The van der Waals surface area contributed by atoms with Gasteiger partial charge in [-0.1, -0.05) is 42.5 Å². The Morgan fingerprint density at radius 1 is 1.08 bits per heavy atom. The average Bonchev–Trinajstić information content (AvgIpc) is 3.18. The molecule has 1 heterocycles. The van der Waals surface area contributed by atoms with Crippen LogP contribution in [0.4, 0.5) is 0 Å². The standard InChI is InChI=1S/C20H20N2O3/c1-24-19(23)11-14-25-18-9-7-17(8-10-18)20(22-13-12-21-15-22)16-5-3-2-4-6-16/h2-10,12-13,15,20H,11,14H2,1H3. The number of hydrogen-bond acceptors (Lipinski definition) is 4. The zero-order chi connectivity index (χ0) is 17.5. The fourth-order valence-electron chi connectivity index (χ4n) is 2.69. The van der Waals surface area contributed by atoms with Gasteiger partial charge in [0.25, 0.3) is 0 Å². The van der Waals surface area contributed by atoms with Crippen LogP contribution in [-0.2, 0) is 9.53 Å². The molecule has 1 aromatic heterocycles. The van der Waals surface area contributed by atoms with Crippen molar-refractivity contribution in [3.8, 4) is 5.75 Å². The summed E-state index contributed by atoms with van der Waals surface area (Å²) in [5, 5.41) is 0. The van der Waals surface area contributed by atoms with Gasteiger partial charge in [-0.25, -0.2) is 4.98 Å². The van der Waals surface area contributed by atoms with Crippen molar-refractivity contribution in [2.75, 3.05) is 13.7 Å². The molecular weight excluding hydrogens is 316 g/mol. The third-order valence-electron chi connectivity index (χ3n) is 3.94. The first-order valence-corrected chi connectivity index (χ1v) is 8.10. The number of esters is 1.